The number of pyridine rings is 1. The first-order chi connectivity index (χ1) is 25.3. The van der Waals surface area contributed by atoms with Gasteiger partial charge in [0.1, 0.15) is 0 Å². The van der Waals surface area contributed by atoms with Gasteiger partial charge in [0, 0.05) is 59.3 Å². The monoisotopic (exact) mass is 937 g/mol. The summed E-state index contributed by atoms with van der Waals surface area (Å²) in [5.41, 5.74) is 5.56. The van der Waals surface area contributed by atoms with Crippen molar-refractivity contribution in [3.05, 3.63) is 89.8 Å². The molecular formula is C50H66IrNO2S-. The van der Waals surface area contributed by atoms with Crippen LogP contribution in [0.3, 0.4) is 0 Å². The number of thiophene rings is 1. The van der Waals surface area contributed by atoms with E-state index in [0.717, 1.165) is 16.6 Å². The first-order valence-corrected chi connectivity index (χ1v) is 21.3. The Morgan fingerprint density at radius 1 is 0.836 bits per heavy atom. The molecular weight excluding hydrogens is 871 g/mol. The van der Waals surface area contributed by atoms with Gasteiger partial charge in [0.05, 0.1) is 5.76 Å². The topological polar surface area (TPSA) is 50.2 Å². The van der Waals surface area contributed by atoms with Crippen molar-refractivity contribution in [2.75, 3.05) is 0 Å². The van der Waals surface area contributed by atoms with E-state index in [1.54, 1.807) is 0 Å². The van der Waals surface area contributed by atoms with Crippen LogP contribution in [0, 0.1) is 47.0 Å². The third-order valence-corrected chi connectivity index (χ3v) is 13.1. The molecule has 1 aliphatic carbocycles. The number of carbonyl (C=O) groups is 1. The molecule has 5 aromatic rings. The van der Waals surface area contributed by atoms with Gasteiger partial charge >= 0.3 is 0 Å². The molecule has 299 valence electrons. The first-order valence-electron chi connectivity index (χ1n) is 20.5. The summed E-state index contributed by atoms with van der Waals surface area (Å²) in [6.07, 6.45) is 8.71. The van der Waals surface area contributed by atoms with Crippen molar-refractivity contribution >= 4 is 48.1 Å². The molecule has 1 aliphatic rings. The number of nitrogens with zero attached hydrogens (tertiary/aromatic N) is 1. The largest absolute Gasteiger partial charge is 0.512 e. The molecule has 0 unspecified atom stereocenters. The van der Waals surface area contributed by atoms with Gasteiger partial charge in [-0.2, -0.15) is 0 Å². The number of rotatable bonds is 9. The van der Waals surface area contributed by atoms with Crippen molar-refractivity contribution in [2.45, 2.75) is 127 Å². The van der Waals surface area contributed by atoms with Crippen molar-refractivity contribution in [3.8, 4) is 11.3 Å². The Labute approximate surface area is 350 Å². The minimum absolute atomic E-state index is 0. The van der Waals surface area contributed by atoms with Gasteiger partial charge in [-0.3, -0.25) is 9.78 Å². The molecule has 1 fully saturated rings. The van der Waals surface area contributed by atoms with Crippen molar-refractivity contribution in [1.82, 2.24) is 4.98 Å². The Morgan fingerprint density at radius 3 is 2.02 bits per heavy atom. The van der Waals surface area contributed by atoms with Gasteiger partial charge < -0.3 is 5.11 Å². The summed E-state index contributed by atoms with van der Waals surface area (Å²) in [6, 6.07) is 24.1. The van der Waals surface area contributed by atoms with Crippen LogP contribution in [-0.2, 0) is 30.3 Å². The molecule has 0 saturated heterocycles. The van der Waals surface area contributed by atoms with E-state index in [4.69, 9.17) is 4.98 Å². The Hall–Kier alpha value is -2.85. The summed E-state index contributed by atoms with van der Waals surface area (Å²) < 4.78 is 2.66. The van der Waals surface area contributed by atoms with Gasteiger partial charge in [-0.1, -0.05) is 131 Å². The molecule has 0 amide bonds. The second-order valence-corrected chi connectivity index (χ2v) is 20.3. The number of carbonyl (C=O) groups excluding carboxylic acids is 1. The molecule has 55 heavy (non-hydrogen) atoms. The number of hydrogen-bond donors (Lipinski definition) is 1. The van der Waals surface area contributed by atoms with E-state index in [1.807, 2.05) is 17.5 Å². The van der Waals surface area contributed by atoms with Crippen LogP contribution in [0.15, 0.2) is 72.6 Å². The molecule has 3 aromatic carbocycles. The normalized spacial score (nSPS) is 15.5. The summed E-state index contributed by atoms with van der Waals surface area (Å²) in [4.78, 5) is 17.3. The van der Waals surface area contributed by atoms with Crippen LogP contribution in [0.25, 0.3) is 42.2 Å². The smallest absolute Gasteiger partial charge is 0.162 e. The van der Waals surface area contributed by atoms with Crippen molar-refractivity contribution in [3.63, 3.8) is 0 Å². The summed E-state index contributed by atoms with van der Waals surface area (Å²) >= 11 is 1.90. The third-order valence-electron chi connectivity index (χ3n) is 11.9. The zero-order valence-electron chi connectivity index (χ0n) is 35.8. The van der Waals surface area contributed by atoms with Crippen molar-refractivity contribution < 1.29 is 30.0 Å². The number of aliphatic hydroxyl groups is 1. The molecule has 5 heteroatoms. The molecule has 6 rings (SSSR count). The minimum atomic E-state index is -0.0119. The van der Waals surface area contributed by atoms with Crippen LogP contribution >= 0.6 is 11.3 Å². The van der Waals surface area contributed by atoms with E-state index in [1.165, 1.54) is 68.4 Å². The van der Waals surface area contributed by atoms with E-state index >= 15 is 0 Å². The summed E-state index contributed by atoms with van der Waals surface area (Å²) in [5, 5.41) is 15.4. The third kappa shape index (κ3) is 10.4. The minimum Gasteiger partial charge on any atom is -0.512 e. The Kier molecular flexibility index (Phi) is 14.8. The van der Waals surface area contributed by atoms with E-state index in [2.05, 4.69) is 151 Å². The van der Waals surface area contributed by atoms with Gasteiger partial charge in [-0.25, -0.2) is 0 Å². The zero-order chi connectivity index (χ0) is 39.7. The van der Waals surface area contributed by atoms with E-state index in [0.29, 0.717) is 35.0 Å². The Bertz CT molecular complexity index is 2090. The first kappa shape index (κ1) is 44.9. The number of aromatic nitrogens is 1. The molecule has 0 spiro atoms. The Morgan fingerprint density at radius 2 is 1.44 bits per heavy atom. The van der Waals surface area contributed by atoms with Crippen LogP contribution in [0.2, 0.25) is 0 Å². The maximum Gasteiger partial charge on any atom is 0.162 e. The van der Waals surface area contributed by atoms with Crippen LogP contribution < -0.4 is 0 Å². The van der Waals surface area contributed by atoms with Crippen LogP contribution in [0.4, 0.5) is 0 Å². The molecule has 0 aliphatic heterocycles. The molecule has 3 nitrogen and oxygen atoms in total. The van der Waals surface area contributed by atoms with Crippen LogP contribution in [0.1, 0.15) is 133 Å². The van der Waals surface area contributed by atoms with Crippen LogP contribution in [0.5, 0.6) is 0 Å². The number of ketones is 1. The molecule has 2 heterocycles. The molecule has 0 atom stereocenters. The zero-order valence-corrected chi connectivity index (χ0v) is 39.0. The maximum absolute atomic E-state index is 12.3. The second kappa shape index (κ2) is 18.2. The Balaban J connectivity index is 0.000000290. The fraction of sp³-hybridized carbons (Fsp3) is 0.520. The molecule has 0 bridgehead atoms. The fourth-order valence-corrected chi connectivity index (χ4v) is 10.3. The fourth-order valence-electron chi connectivity index (χ4n) is 9.09. The summed E-state index contributed by atoms with van der Waals surface area (Å²) in [5.74, 6) is 2.32. The number of aliphatic hydroxyl groups excluding tert-OH is 1. The van der Waals surface area contributed by atoms with Gasteiger partial charge in [0.15, 0.2) is 5.78 Å². The SMILES string of the molecule is CC(C)C(C(=O)/C=C(\O)C(C(C)C)C(C)C)C(C)C.CC1(C)CCC(c2ccc3c(c2)sc2c(-c4[c-]c5ccccc5c(C(C)(C)C)c4)nccc23)CC1.[Ir]. The predicted octanol–water partition coefficient (Wildman–Crippen LogP) is 14.9. The quantitative estimate of drug-likeness (QED) is 0.0910. The summed E-state index contributed by atoms with van der Waals surface area (Å²) in [7, 11) is 0. The predicted molar refractivity (Wildman–Crippen MR) is 235 cm³/mol. The molecule has 1 saturated carbocycles. The van der Waals surface area contributed by atoms with Crippen molar-refractivity contribution in [2.24, 2.45) is 40.9 Å². The summed E-state index contributed by atoms with van der Waals surface area (Å²) in [6.45, 7) is 28.3. The van der Waals surface area contributed by atoms with Gasteiger partial charge in [-0.15, -0.1) is 40.5 Å². The van der Waals surface area contributed by atoms with E-state index in [-0.39, 0.29) is 48.9 Å². The van der Waals surface area contributed by atoms with Crippen LogP contribution in [-0.4, -0.2) is 15.9 Å². The molecule has 1 N–H and O–H groups in total. The average Bonchev–Trinajstić information content (AvgIpc) is 3.45. The number of allylic oxidation sites excluding steroid dienone is 2. The average molecular weight is 937 g/mol. The molecule has 2 aromatic heterocycles. The molecule has 1 radical (unpaired) electrons. The van der Waals surface area contributed by atoms with Gasteiger partial charge in [-0.05, 0) is 94.6 Å². The second-order valence-electron chi connectivity index (χ2n) is 19.2. The van der Waals surface area contributed by atoms with E-state index in [9.17, 15) is 9.90 Å². The van der Waals surface area contributed by atoms with Gasteiger partial charge in [0.2, 0.25) is 0 Å². The van der Waals surface area contributed by atoms with Crippen molar-refractivity contribution in [1.29, 1.82) is 0 Å². The standard InChI is InChI=1S/C33H34NS.C17H32O2.Ir/c1-32(2,3)28-19-24(18-23-8-6-7-9-25(23)28)30-31-27(14-17-34-30)26-11-10-22(20-29(26)35-31)21-12-15-33(4,5)16-13-21;1-10(2)16(11(3)4)14(18)9-15(19)17(12(5)6)13(7)8;/h6-11,14,17,19-21H,12-13,15-16H2,1-5H3;9-13,16-18H,1-8H3;/q-1;;/b;14-9-;. The van der Waals surface area contributed by atoms with Gasteiger partial charge in [0.25, 0.3) is 0 Å². The number of benzene rings is 3. The number of hydrogen-bond acceptors (Lipinski definition) is 4. The maximum atomic E-state index is 12.3. The number of fused-ring (bicyclic) bond motifs is 4. The van der Waals surface area contributed by atoms with E-state index < -0.39 is 0 Å².